The summed E-state index contributed by atoms with van der Waals surface area (Å²) >= 11 is 0. The first-order valence-corrected chi connectivity index (χ1v) is 11.4. The van der Waals surface area contributed by atoms with Gasteiger partial charge in [-0.3, -0.25) is 0 Å². The third-order valence-electron chi connectivity index (χ3n) is 5.87. The summed E-state index contributed by atoms with van der Waals surface area (Å²) in [6.45, 7) is 0. The molecule has 0 atom stereocenters. The summed E-state index contributed by atoms with van der Waals surface area (Å²) < 4.78 is 4.16. The molecule has 0 aliphatic heterocycles. The molecule has 166 valence electrons. The normalized spacial score (nSPS) is 11.1. The molecule has 3 aromatic carbocycles. The highest BCUT2D eigenvalue weighted by Gasteiger charge is 2.08. The number of pyridine rings is 2. The first kappa shape index (κ1) is 21.4. The number of hydrogen-bond acceptors (Lipinski definition) is 2. The molecule has 0 bridgehead atoms. The van der Waals surface area contributed by atoms with E-state index >= 15 is 0 Å². The van der Waals surface area contributed by atoms with Crippen molar-refractivity contribution in [1.82, 2.24) is 0 Å². The predicted octanol–water partition coefficient (Wildman–Crippen LogP) is 6.15. The minimum atomic E-state index is 1.07. The van der Waals surface area contributed by atoms with Crippen molar-refractivity contribution >= 4 is 45.8 Å². The molecular weight excluding hydrogens is 416 g/mol. The summed E-state index contributed by atoms with van der Waals surface area (Å²) in [6.07, 6.45) is 10.4. The Morgan fingerprint density at radius 3 is 1.76 bits per heavy atom. The number of benzene rings is 3. The number of nitrogens with zero attached hydrogens (tertiary/aromatic N) is 2. The van der Waals surface area contributed by atoms with Gasteiger partial charge in [0.05, 0.1) is 16.8 Å². The van der Waals surface area contributed by atoms with Crippen molar-refractivity contribution in [3.8, 4) is 0 Å². The van der Waals surface area contributed by atoms with Gasteiger partial charge in [-0.1, -0.05) is 48.6 Å². The third-order valence-corrected chi connectivity index (χ3v) is 5.87. The van der Waals surface area contributed by atoms with Crippen molar-refractivity contribution in [2.24, 2.45) is 14.1 Å². The first-order chi connectivity index (χ1) is 16.6. The smallest absolute Gasteiger partial charge is 0.214 e. The van der Waals surface area contributed by atoms with E-state index < -0.39 is 0 Å². The molecule has 0 spiro atoms. The van der Waals surface area contributed by atoms with Crippen molar-refractivity contribution < 1.29 is 9.13 Å². The van der Waals surface area contributed by atoms with Gasteiger partial charge >= 0.3 is 0 Å². The summed E-state index contributed by atoms with van der Waals surface area (Å²) in [6, 6.07) is 31.6. The monoisotopic (exact) mass is 444 g/mol. The molecule has 0 aliphatic carbocycles. The van der Waals surface area contributed by atoms with Crippen molar-refractivity contribution in [3.63, 3.8) is 0 Å². The van der Waals surface area contributed by atoms with Gasteiger partial charge in [-0.25, -0.2) is 9.13 Å². The van der Waals surface area contributed by atoms with Gasteiger partial charge in [0.1, 0.15) is 14.1 Å². The maximum absolute atomic E-state index is 3.56. The molecule has 0 saturated carbocycles. The molecular formula is C30H28N4+2. The predicted molar refractivity (Wildman–Crippen MR) is 141 cm³/mol. The van der Waals surface area contributed by atoms with E-state index in [0.717, 1.165) is 33.9 Å². The van der Waals surface area contributed by atoms with Crippen LogP contribution in [0.2, 0.25) is 0 Å². The van der Waals surface area contributed by atoms with E-state index in [9.17, 15) is 0 Å². The molecule has 0 fully saturated rings. The highest BCUT2D eigenvalue weighted by Crippen LogP contribution is 2.25. The number of aromatic nitrogens is 2. The zero-order valence-corrected chi connectivity index (χ0v) is 19.4. The van der Waals surface area contributed by atoms with E-state index in [0.29, 0.717) is 0 Å². The minimum absolute atomic E-state index is 1.07. The molecule has 4 nitrogen and oxygen atoms in total. The Balaban J connectivity index is 1.24. The third kappa shape index (κ3) is 4.97. The Morgan fingerprint density at radius 1 is 0.559 bits per heavy atom. The SMILES string of the molecule is C[n+]1ccc(Nc2ccc(C=Cc3ccc(Nc4cc[n+](C)c5ccccc45)cc3)cc2)cc1. The van der Waals surface area contributed by atoms with Gasteiger partial charge in [0.15, 0.2) is 18.6 Å². The van der Waals surface area contributed by atoms with Crippen LogP contribution in [0.1, 0.15) is 11.1 Å². The molecule has 34 heavy (non-hydrogen) atoms. The highest BCUT2D eigenvalue weighted by molar-refractivity contribution is 5.91. The van der Waals surface area contributed by atoms with Gasteiger partial charge in [-0.15, -0.1) is 0 Å². The van der Waals surface area contributed by atoms with E-state index in [1.165, 1.54) is 10.9 Å². The largest absolute Gasteiger partial charge is 0.355 e. The van der Waals surface area contributed by atoms with Crippen LogP contribution in [0.15, 0.2) is 110 Å². The van der Waals surface area contributed by atoms with Crippen molar-refractivity contribution in [3.05, 3.63) is 121 Å². The summed E-state index contributed by atoms with van der Waals surface area (Å²) in [5, 5.41) is 8.19. The first-order valence-electron chi connectivity index (χ1n) is 11.4. The van der Waals surface area contributed by atoms with E-state index in [1.807, 2.05) is 24.0 Å². The summed E-state index contributed by atoms with van der Waals surface area (Å²) in [5.41, 5.74) is 7.85. The van der Waals surface area contributed by atoms with Crippen molar-refractivity contribution in [2.45, 2.75) is 0 Å². The molecule has 2 heterocycles. The maximum Gasteiger partial charge on any atom is 0.214 e. The fraction of sp³-hybridized carbons (Fsp3) is 0.0667. The number of anilines is 4. The lowest BCUT2D eigenvalue weighted by Crippen LogP contribution is -2.28. The van der Waals surface area contributed by atoms with Crippen LogP contribution >= 0.6 is 0 Å². The van der Waals surface area contributed by atoms with Crippen LogP contribution in [0.25, 0.3) is 23.1 Å². The quantitative estimate of drug-likeness (QED) is 0.243. The number of hydrogen-bond donors (Lipinski definition) is 2. The van der Waals surface area contributed by atoms with Gasteiger partial charge in [0.2, 0.25) is 5.52 Å². The standard InChI is InChI=1S/C30H26N4/c1-33-20-17-27(18-21-33)31-25-13-9-23(10-14-25)7-8-24-11-15-26(16-12-24)32-29-19-22-34(2)30-6-4-3-5-28(29)30/h3-22H,1-2H3/p+2. The Bertz CT molecular complexity index is 1430. The van der Waals surface area contributed by atoms with Crippen LogP contribution in [-0.2, 0) is 14.1 Å². The lowest BCUT2D eigenvalue weighted by atomic mass is 10.1. The summed E-state index contributed by atoms with van der Waals surface area (Å²) in [7, 11) is 4.08. The minimum Gasteiger partial charge on any atom is -0.355 e. The number of rotatable bonds is 6. The number of para-hydroxylation sites is 1. The Hall–Kier alpha value is -4.44. The zero-order chi connectivity index (χ0) is 23.3. The van der Waals surface area contributed by atoms with E-state index in [2.05, 4.69) is 132 Å². The van der Waals surface area contributed by atoms with Gasteiger partial charge in [-0.05, 0) is 41.5 Å². The second kappa shape index (κ2) is 9.59. The van der Waals surface area contributed by atoms with Gasteiger partial charge in [0, 0.05) is 35.6 Å². The number of fused-ring (bicyclic) bond motifs is 1. The molecule has 5 rings (SSSR count). The fourth-order valence-electron chi connectivity index (χ4n) is 3.93. The highest BCUT2D eigenvalue weighted by atomic mass is 14.9. The Labute approximate surface area is 200 Å². The topological polar surface area (TPSA) is 31.8 Å². The van der Waals surface area contributed by atoms with Crippen LogP contribution in [-0.4, -0.2) is 0 Å². The number of aryl methyl sites for hydroxylation is 2. The molecule has 0 saturated heterocycles. The molecule has 4 heteroatoms. The van der Waals surface area contributed by atoms with Gasteiger partial charge in [0.25, 0.3) is 0 Å². The molecule has 2 N–H and O–H groups in total. The fourth-order valence-corrected chi connectivity index (χ4v) is 3.93. The van der Waals surface area contributed by atoms with E-state index in [1.54, 1.807) is 0 Å². The van der Waals surface area contributed by atoms with Crippen molar-refractivity contribution in [2.75, 3.05) is 10.6 Å². The van der Waals surface area contributed by atoms with Crippen LogP contribution < -0.4 is 19.8 Å². The van der Waals surface area contributed by atoms with E-state index in [4.69, 9.17) is 0 Å². The van der Waals surface area contributed by atoms with Crippen LogP contribution in [0.3, 0.4) is 0 Å². The lowest BCUT2D eigenvalue weighted by Gasteiger charge is -2.09. The average molecular weight is 445 g/mol. The average Bonchev–Trinajstić information content (AvgIpc) is 2.88. The van der Waals surface area contributed by atoms with Crippen molar-refractivity contribution in [1.29, 1.82) is 0 Å². The number of nitrogens with one attached hydrogen (secondary N) is 2. The molecule has 0 aliphatic rings. The Morgan fingerprint density at radius 2 is 1.12 bits per heavy atom. The van der Waals surface area contributed by atoms with E-state index in [-0.39, 0.29) is 0 Å². The molecule has 0 amide bonds. The van der Waals surface area contributed by atoms with Crippen LogP contribution in [0.4, 0.5) is 22.7 Å². The summed E-state index contributed by atoms with van der Waals surface area (Å²) in [5.74, 6) is 0. The molecule has 2 aromatic heterocycles. The van der Waals surface area contributed by atoms with Crippen LogP contribution in [0.5, 0.6) is 0 Å². The van der Waals surface area contributed by atoms with Gasteiger partial charge < -0.3 is 10.6 Å². The van der Waals surface area contributed by atoms with Crippen LogP contribution in [0, 0.1) is 0 Å². The second-order valence-electron chi connectivity index (χ2n) is 8.44. The molecule has 5 aromatic rings. The zero-order valence-electron chi connectivity index (χ0n) is 19.4. The lowest BCUT2D eigenvalue weighted by molar-refractivity contribution is -0.671. The molecule has 0 unspecified atom stereocenters. The molecule has 0 radical (unpaired) electrons. The maximum atomic E-state index is 3.56. The van der Waals surface area contributed by atoms with Gasteiger partial charge in [-0.2, -0.15) is 0 Å². The Kier molecular flexibility index (Phi) is 6.04. The second-order valence-corrected chi connectivity index (χ2v) is 8.44. The summed E-state index contributed by atoms with van der Waals surface area (Å²) in [4.78, 5) is 0.